The fourth-order valence-electron chi connectivity index (χ4n) is 2.42. The number of aliphatic carboxylic acids is 1. The van der Waals surface area contributed by atoms with Crippen LogP contribution in [0.1, 0.15) is 17.2 Å². The molecule has 6 heteroatoms. The highest BCUT2D eigenvalue weighted by Gasteiger charge is 2.34. The highest BCUT2D eigenvalue weighted by atomic mass is 79.9. The molecule has 0 saturated carbocycles. The van der Waals surface area contributed by atoms with Crippen molar-refractivity contribution in [3.63, 3.8) is 0 Å². The maximum absolute atomic E-state index is 11.6. The van der Waals surface area contributed by atoms with Crippen molar-refractivity contribution in [3.05, 3.63) is 45.4 Å². The third-order valence-corrected chi connectivity index (χ3v) is 4.81. The Labute approximate surface area is 122 Å². The Morgan fingerprint density at radius 2 is 2.26 bits per heavy atom. The number of aromatic nitrogens is 1. The van der Waals surface area contributed by atoms with Crippen LogP contribution < -0.4 is 4.90 Å². The molecule has 2 heterocycles. The topological polar surface area (TPSA) is 53.4 Å². The fraction of sp³-hybridized carbons (Fsp3) is 0.231. The lowest BCUT2D eigenvalue weighted by Crippen LogP contribution is -2.39. The number of fused-ring (bicyclic) bond motifs is 1. The van der Waals surface area contributed by atoms with E-state index in [1.807, 2.05) is 34.5 Å². The van der Waals surface area contributed by atoms with Crippen LogP contribution in [0.3, 0.4) is 0 Å². The van der Waals surface area contributed by atoms with E-state index in [1.54, 1.807) is 0 Å². The summed E-state index contributed by atoms with van der Waals surface area (Å²) in [5.74, 6) is -0.835. The number of hydrogen-bond donors (Lipinski definition) is 1. The molecule has 0 bridgehead atoms. The van der Waals surface area contributed by atoms with Gasteiger partial charge in [0.15, 0.2) is 11.2 Å². The molecule has 1 atom stereocenters. The Morgan fingerprint density at radius 1 is 1.47 bits per heavy atom. The van der Waals surface area contributed by atoms with Gasteiger partial charge in [-0.05, 0) is 33.5 Å². The maximum atomic E-state index is 11.6. The molecule has 0 saturated heterocycles. The van der Waals surface area contributed by atoms with E-state index in [4.69, 9.17) is 0 Å². The maximum Gasteiger partial charge on any atom is 0.331 e. The first-order valence-corrected chi connectivity index (χ1v) is 7.52. The smallest absolute Gasteiger partial charge is 0.331 e. The zero-order valence-electron chi connectivity index (χ0n) is 9.91. The number of carbonyl (C=O) groups is 1. The van der Waals surface area contributed by atoms with Gasteiger partial charge in [0, 0.05) is 11.9 Å². The van der Waals surface area contributed by atoms with E-state index in [1.165, 1.54) is 11.3 Å². The van der Waals surface area contributed by atoms with E-state index in [-0.39, 0.29) is 0 Å². The molecule has 0 amide bonds. The van der Waals surface area contributed by atoms with Crippen LogP contribution in [0.4, 0.5) is 5.13 Å². The highest BCUT2D eigenvalue weighted by molar-refractivity contribution is 9.10. The van der Waals surface area contributed by atoms with Crippen LogP contribution in [0.15, 0.2) is 34.2 Å². The van der Waals surface area contributed by atoms with Crippen molar-refractivity contribution in [1.29, 1.82) is 0 Å². The van der Waals surface area contributed by atoms with Gasteiger partial charge in [-0.25, -0.2) is 9.78 Å². The van der Waals surface area contributed by atoms with E-state index in [0.29, 0.717) is 6.54 Å². The van der Waals surface area contributed by atoms with Crippen LogP contribution in [0.5, 0.6) is 0 Å². The third-order valence-electron chi connectivity index (χ3n) is 3.23. The quantitative estimate of drug-likeness (QED) is 0.914. The van der Waals surface area contributed by atoms with Gasteiger partial charge in [0.2, 0.25) is 0 Å². The molecule has 19 heavy (non-hydrogen) atoms. The molecule has 1 aliphatic rings. The number of rotatable bonds is 2. The molecule has 1 aromatic heterocycles. The number of halogens is 1. The molecule has 1 aliphatic heterocycles. The number of hydrogen-bond acceptors (Lipinski definition) is 4. The molecule has 3 rings (SSSR count). The molecule has 0 aliphatic carbocycles. The molecular formula is C13H11BrN2O2S. The normalized spacial score (nSPS) is 18.2. The van der Waals surface area contributed by atoms with Gasteiger partial charge in [-0.15, -0.1) is 11.3 Å². The molecule has 0 fully saturated rings. The predicted molar refractivity (Wildman–Crippen MR) is 77.7 cm³/mol. The molecule has 0 spiro atoms. The van der Waals surface area contributed by atoms with Gasteiger partial charge in [0.25, 0.3) is 0 Å². The van der Waals surface area contributed by atoms with Gasteiger partial charge in [-0.3, -0.25) is 0 Å². The average molecular weight is 339 g/mol. The van der Waals surface area contributed by atoms with E-state index in [0.717, 1.165) is 27.3 Å². The second-order valence-corrected chi connectivity index (χ2v) is 5.98. The third kappa shape index (κ3) is 2.26. The lowest BCUT2D eigenvalue weighted by Gasteiger charge is -2.34. The van der Waals surface area contributed by atoms with Gasteiger partial charge < -0.3 is 10.0 Å². The van der Waals surface area contributed by atoms with Gasteiger partial charge in [0.1, 0.15) is 4.60 Å². The molecule has 0 radical (unpaired) electrons. The molecule has 4 nitrogen and oxygen atoms in total. The lowest BCUT2D eigenvalue weighted by atomic mass is 9.93. The van der Waals surface area contributed by atoms with E-state index >= 15 is 0 Å². The number of anilines is 1. The van der Waals surface area contributed by atoms with Crippen molar-refractivity contribution in [2.45, 2.75) is 12.5 Å². The SMILES string of the molecule is O=C(O)C1c2ccccc2CCN1c1nc(Br)cs1. The van der Waals surface area contributed by atoms with Crippen molar-refractivity contribution in [2.75, 3.05) is 11.4 Å². The second-order valence-electron chi connectivity index (χ2n) is 4.34. The van der Waals surface area contributed by atoms with Crippen molar-refractivity contribution >= 4 is 38.4 Å². The van der Waals surface area contributed by atoms with Crippen molar-refractivity contribution < 1.29 is 9.90 Å². The van der Waals surface area contributed by atoms with Crippen LogP contribution in [-0.2, 0) is 11.2 Å². The monoisotopic (exact) mass is 338 g/mol. The summed E-state index contributed by atoms with van der Waals surface area (Å²) in [4.78, 5) is 17.8. The predicted octanol–water partition coefficient (Wildman–Crippen LogP) is 3.09. The summed E-state index contributed by atoms with van der Waals surface area (Å²) < 4.78 is 0.746. The molecular weight excluding hydrogens is 328 g/mol. The summed E-state index contributed by atoms with van der Waals surface area (Å²) in [5.41, 5.74) is 1.98. The van der Waals surface area contributed by atoms with Crippen LogP contribution in [0.25, 0.3) is 0 Å². The second kappa shape index (κ2) is 4.94. The number of nitrogens with zero attached hydrogens (tertiary/aromatic N) is 2. The first kappa shape index (κ1) is 12.6. The number of thiazole rings is 1. The van der Waals surface area contributed by atoms with Crippen LogP contribution in [0, 0.1) is 0 Å². The summed E-state index contributed by atoms with van der Waals surface area (Å²) in [7, 11) is 0. The largest absolute Gasteiger partial charge is 0.479 e. The van der Waals surface area contributed by atoms with Crippen LogP contribution >= 0.6 is 27.3 Å². The Morgan fingerprint density at radius 3 is 2.95 bits per heavy atom. The minimum Gasteiger partial charge on any atom is -0.479 e. The minimum absolute atomic E-state index is 0.650. The van der Waals surface area contributed by atoms with E-state index in [2.05, 4.69) is 20.9 Å². The Hall–Kier alpha value is -1.40. The molecule has 1 N–H and O–H groups in total. The number of carboxylic acids is 1. The standard InChI is InChI=1S/C13H11BrN2O2S/c14-10-7-19-13(15-10)16-6-5-8-3-1-2-4-9(8)11(16)12(17)18/h1-4,7,11H,5-6H2,(H,17,18). The van der Waals surface area contributed by atoms with Crippen LogP contribution in [-0.4, -0.2) is 22.6 Å². The Balaban J connectivity index is 2.06. The molecule has 1 unspecified atom stereocenters. The summed E-state index contributed by atoms with van der Waals surface area (Å²) >= 11 is 4.77. The lowest BCUT2D eigenvalue weighted by molar-refractivity contribution is -0.138. The van der Waals surface area contributed by atoms with Gasteiger partial charge in [-0.1, -0.05) is 24.3 Å². The summed E-state index contributed by atoms with van der Waals surface area (Å²) in [6, 6.07) is 7.08. The van der Waals surface area contributed by atoms with Crippen molar-refractivity contribution in [3.8, 4) is 0 Å². The molecule has 2 aromatic rings. The summed E-state index contributed by atoms with van der Waals surface area (Å²) in [5, 5.41) is 12.2. The first-order valence-electron chi connectivity index (χ1n) is 5.85. The minimum atomic E-state index is -0.835. The first-order chi connectivity index (χ1) is 9.16. The number of carboxylic acid groups (broad SMARTS) is 1. The van der Waals surface area contributed by atoms with E-state index < -0.39 is 12.0 Å². The average Bonchev–Trinajstić information content (AvgIpc) is 2.83. The molecule has 98 valence electrons. The number of benzene rings is 1. The van der Waals surface area contributed by atoms with Gasteiger partial charge in [-0.2, -0.15) is 0 Å². The zero-order valence-corrected chi connectivity index (χ0v) is 12.3. The van der Waals surface area contributed by atoms with Gasteiger partial charge in [0.05, 0.1) is 0 Å². The molecule has 1 aromatic carbocycles. The van der Waals surface area contributed by atoms with Crippen molar-refractivity contribution in [2.24, 2.45) is 0 Å². The van der Waals surface area contributed by atoms with Gasteiger partial charge >= 0.3 is 5.97 Å². The Bertz CT molecular complexity index is 629. The van der Waals surface area contributed by atoms with E-state index in [9.17, 15) is 9.90 Å². The van der Waals surface area contributed by atoms with Crippen molar-refractivity contribution in [1.82, 2.24) is 4.98 Å². The van der Waals surface area contributed by atoms with Crippen LogP contribution in [0.2, 0.25) is 0 Å². The fourth-order valence-corrected chi connectivity index (χ4v) is 3.72. The zero-order chi connectivity index (χ0) is 13.4. The Kier molecular flexibility index (Phi) is 3.28. The highest BCUT2D eigenvalue weighted by Crippen LogP contribution is 2.36. The summed E-state index contributed by atoms with van der Waals surface area (Å²) in [6.45, 7) is 0.675. The summed E-state index contributed by atoms with van der Waals surface area (Å²) in [6.07, 6.45) is 0.844.